The number of amides is 2. The molecule has 0 spiro atoms. The number of carbonyl (C=O) groups excluding carboxylic acids is 2. The highest BCUT2D eigenvalue weighted by Crippen LogP contribution is 2.25. The highest BCUT2D eigenvalue weighted by Gasteiger charge is 2.33. The third-order valence-electron chi connectivity index (χ3n) is 6.14. The van der Waals surface area contributed by atoms with Crippen molar-refractivity contribution in [3.63, 3.8) is 0 Å². The topological polar surface area (TPSA) is 70.1 Å². The molecule has 1 aromatic rings. The first kappa shape index (κ1) is 20.6. The summed E-state index contributed by atoms with van der Waals surface area (Å²) >= 11 is 0. The Morgan fingerprint density at radius 2 is 1.89 bits per heavy atom. The van der Waals surface area contributed by atoms with Gasteiger partial charge >= 0.3 is 0 Å². The molecule has 2 heterocycles. The van der Waals surface area contributed by atoms with Gasteiger partial charge in [-0.15, -0.1) is 0 Å². The second kappa shape index (κ2) is 9.92. The quantitative estimate of drug-likeness (QED) is 0.777. The molecule has 6 heteroatoms. The number of aliphatic hydroxyl groups is 1. The molecule has 0 bridgehead atoms. The maximum Gasteiger partial charge on any atom is 0.227 e. The smallest absolute Gasteiger partial charge is 0.227 e. The van der Waals surface area contributed by atoms with E-state index in [0.717, 1.165) is 50.1 Å². The Bertz CT molecular complexity index is 653. The number of ether oxygens (including phenoxy) is 1. The molecule has 2 amide bonds. The number of likely N-dealkylation sites (tertiary alicyclic amines) is 2. The molecule has 3 rings (SSSR count). The molecule has 0 saturated carbocycles. The van der Waals surface area contributed by atoms with E-state index in [1.807, 2.05) is 34.1 Å². The summed E-state index contributed by atoms with van der Waals surface area (Å²) in [5, 5.41) is 9.09. The first-order chi connectivity index (χ1) is 13.6. The lowest BCUT2D eigenvalue weighted by atomic mass is 9.91. The molecule has 0 aliphatic carbocycles. The lowest BCUT2D eigenvalue weighted by molar-refractivity contribution is -0.144. The zero-order valence-corrected chi connectivity index (χ0v) is 16.8. The Kier molecular flexibility index (Phi) is 7.31. The van der Waals surface area contributed by atoms with Gasteiger partial charge in [-0.1, -0.05) is 12.1 Å². The summed E-state index contributed by atoms with van der Waals surface area (Å²) in [7, 11) is 1.65. The standard InChI is InChI=1S/C22H32N2O4/c1-28-20-5-2-17(3-6-20)10-14-24-16-19(4-7-21(24)26)22(27)23-12-8-18(9-13-23)11-15-25/h2-3,5-6,18-19,25H,4,7-16H2,1H3/t19-/m1/s1. The molecule has 2 fully saturated rings. The van der Waals surface area contributed by atoms with Crippen molar-refractivity contribution >= 4 is 11.8 Å². The molecule has 1 aromatic carbocycles. The fourth-order valence-electron chi connectivity index (χ4n) is 4.27. The summed E-state index contributed by atoms with van der Waals surface area (Å²) in [4.78, 5) is 29.1. The molecule has 2 saturated heterocycles. The first-order valence-electron chi connectivity index (χ1n) is 10.4. The molecule has 0 radical (unpaired) electrons. The highest BCUT2D eigenvalue weighted by atomic mass is 16.5. The van der Waals surface area contributed by atoms with Crippen LogP contribution in [0.5, 0.6) is 5.75 Å². The van der Waals surface area contributed by atoms with Gasteiger partial charge in [0.25, 0.3) is 0 Å². The summed E-state index contributed by atoms with van der Waals surface area (Å²) in [5.74, 6) is 1.63. The third kappa shape index (κ3) is 5.25. The molecule has 28 heavy (non-hydrogen) atoms. The molecule has 154 valence electrons. The van der Waals surface area contributed by atoms with Crippen molar-refractivity contribution in [3.05, 3.63) is 29.8 Å². The Morgan fingerprint density at radius 3 is 2.54 bits per heavy atom. The molecule has 0 aromatic heterocycles. The van der Waals surface area contributed by atoms with Crippen LogP contribution in [0.1, 0.15) is 37.7 Å². The maximum absolute atomic E-state index is 12.9. The first-order valence-corrected chi connectivity index (χ1v) is 10.4. The largest absolute Gasteiger partial charge is 0.497 e. The summed E-state index contributed by atoms with van der Waals surface area (Å²) in [5.41, 5.74) is 1.16. The average Bonchev–Trinajstić information content (AvgIpc) is 2.74. The Balaban J connectivity index is 1.50. The number of hydrogen-bond donors (Lipinski definition) is 1. The molecule has 1 N–H and O–H groups in total. The predicted molar refractivity (Wildman–Crippen MR) is 107 cm³/mol. The van der Waals surface area contributed by atoms with E-state index in [0.29, 0.717) is 31.8 Å². The van der Waals surface area contributed by atoms with E-state index in [4.69, 9.17) is 9.84 Å². The number of aliphatic hydroxyl groups excluding tert-OH is 1. The number of carbonyl (C=O) groups is 2. The Hall–Kier alpha value is -2.08. The van der Waals surface area contributed by atoms with E-state index in [1.54, 1.807) is 7.11 Å². The van der Waals surface area contributed by atoms with Gasteiger partial charge in [0.2, 0.25) is 11.8 Å². The van der Waals surface area contributed by atoms with Crippen LogP contribution in [0.15, 0.2) is 24.3 Å². The van der Waals surface area contributed by atoms with E-state index >= 15 is 0 Å². The van der Waals surface area contributed by atoms with Gasteiger partial charge in [-0.3, -0.25) is 9.59 Å². The zero-order chi connectivity index (χ0) is 19.9. The minimum absolute atomic E-state index is 0.0806. The number of hydrogen-bond acceptors (Lipinski definition) is 4. The van der Waals surface area contributed by atoms with E-state index in [-0.39, 0.29) is 24.3 Å². The molecule has 2 aliphatic heterocycles. The number of piperidine rings is 2. The van der Waals surface area contributed by atoms with E-state index in [1.165, 1.54) is 0 Å². The van der Waals surface area contributed by atoms with Crippen molar-refractivity contribution in [3.8, 4) is 5.75 Å². The molecular formula is C22H32N2O4. The number of rotatable bonds is 7. The SMILES string of the molecule is COc1ccc(CCN2C[C@H](C(=O)N3CCC(CCO)CC3)CCC2=O)cc1. The van der Waals surface area contributed by atoms with E-state index in [9.17, 15) is 9.59 Å². The molecule has 1 atom stereocenters. The van der Waals surface area contributed by atoms with Gasteiger partial charge in [-0.05, 0) is 55.7 Å². The van der Waals surface area contributed by atoms with Crippen molar-refractivity contribution in [1.82, 2.24) is 9.80 Å². The van der Waals surface area contributed by atoms with Crippen LogP contribution in [-0.2, 0) is 16.0 Å². The van der Waals surface area contributed by atoms with Crippen molar-refractivity contribution in [2.24, 2.45) is 11.8 Å². The van der Waals surface area contributed by atoms with Crippen LogP contribution in [0.2, 0.25) is 0 Å². The van der Waals surface area contributed by atoms with Gasteiger partial charge in [0.05, 0.1) is 13.0 Å². The predicted octanol–water partition coefficient (Wildman–Crippen LogP) is 2.10. The van der Waals surface area contributed by atoms with Gasteiger partial charge in [-0.25, -0.2) is 0 Å². The monoisotopic (exact) mass is 388 g/mol. The summed E-state index contributed by atoms with van der Waals surface area (Å²) in [6.45, 7) is 2.96. The summed E-state index contributed by atoms with van der Waals surface area (Å²) < 4.78 is 5.18. The fraction of sp³-hybridized carbons (Fsp3) is 0.636. The second-order valence-corrected chi connectivity index (χ2v) is 7.95. The second-order valence-electron chi connectivity index (χ2n) is 7.95. The normalized spacial score (nSPS) is 21.1. The molecule has 2 aliphatic rings. The summed E-state index contributed by atoms with van der Waals surface area (Å²) in [6.07, 6.45) is 4.67. The van der Waals surface area contributed by atoms with Crippen LogP contribution in [0.4, 0.5) is 0 Å². The highest BCUT2D eigenvalue weighted by molar-refractivity contribution is 5.84. The van der Waals surface area contributed by atoms with Crippen molar-refractivity contribution in [1.29, 1.82) is 0 Å². The molecule has 0 unspecified atom stereocenters. The molecule has 6 nitrogen and oxygen atoms in total. The number of benzene rings is 1. The minimum atomic E-state index is -0.0806. The van der Waals surface area contributed by atoms with Crippen LogP contribution in [-0.4, -0.2) is 66.6 Å². The van der Waals surface area contributed by atoms with Crippen LogP contribution >= 0.6 is 0 Å². The van der Waals surface area contributed by atoms with Crippen molar-refractivity contribution in [2.45, 2.75) is 38.5 Å². The van der Waals surface area contributed by atoms with Gasteiger partial charge in [0.15, 0.2) is 0 Å². The van der Waals surface area contributed by atoms with Gasteiger partial charge in [-0.2, -0.15) is 0 Å². The third-order valence-corrected chi connectivity index (χ3v) is 6.14. The summed E-state index contributed by atoms with van der Waals surface area (Å²) in [6, 6.07) is 7.90. The van der Waals surface area contributed by atoms with Crippen LogP contribution in [0.3, 0.4) is 0 Å². The Labute approximate surface area is 167 Å². The average molecular weight is 389 g/mol. The van der Waals surface area contributed by atoms with Crippen molar-refractivity contribution in [2.75, 3.05) is 39.9 Å². The van der Waals surface area contributed by atoms with Crippen LogP contribution in [0, 0.1) is 11.8 Å². The van der Waals surface area contributed by atoms with Crippen molar-refractivity contribution < 1.29 is 19.4 Å². The van der Waals surface area contributed by atoms with Gasteiger partial charge < -0.3 is 19.6 Å². The number of nitrogens with zero attached hydrogens (tertiary/aromatic N) is 2. The maximum atomic E-state index is 12.9. The van der Waals surface area contributed by atoms with E-state index < -0.39 is 0 Å². The fourth-order valence-corrected chi connectivity index (χ4v) is 4.27. The zero-order valence-electron chi connectivity index (χ0n) is 16.8. The van der Waals surface area contributed by atoms with E-state index in [2.05, 4.69) is 0 Å². The van der Waals surface area contributed by atoms with Gasteiger partial charge in [0.1, 0.15) is 5.75 Å². The minimum Gasteiger partial charge on any atom is -0.497 e. The van der Waals surface area contributed by atoms with Crippen LogP contribution < -0.4 is 4.74 Å². The lowest BCUT2D eigenvalue weighted by Gasteiger charge is -2.37. The number of methoxy groups -OCH3 is 1. The molecular weight excluding hydrogens is 356 g/mol. The Morgan fingerprint density at radius 1 is 1.18 bits per heavy atom. The van der Waals surface area contributed by atoms with Gasteiger partial charge in [0, 0.05) is 39.2 Å². The lowest BCUT2D eigenvalue weighted by Crippen LogP contribution is -2.49. The van der Waals surface area contributed by atoms with Crippen LogP contribution in [0.25, 0.3) is 0 Å².